The summed E-state index contributed by atoms with van der Waals surface area (Å²) in [5.41, 5.74) is 3.64. The number of hydrogen-bond acceptors (Lipinski definition) is 3. The summed E-state index contributed by atoms with van der Waals surface area (Å²) in [6.45, 7) is 1.53. The van der Waals surface area contributed by atoms with Gasteiger partial charge >= 0.3 is 6.18 Å². The number of alkyl halides is 3. The van der Waals surface area contributed by atoms with Gasteiger partial charge in [0, 0.05) is 12.0 Å². The average molecular weight is 295 g/mol. The quantitative estimate of drug-likeness (QED) is 0.926. The lowest BCUT2D eigenvalue weighted by Crippen LogP contribution is -2.22. The molecular formula is C14H12F3N3O. The van der Waals surface area contributed by atoms with Crippen LogP contribution in [0.2, 0.25) is 0 Å². The number of fused-ring (bicyclic) bond motifs is 1. The molecule has 3 rings (SSSR count). The number of ketones is 1. The highest BCUT2D eigenvalue weighted by atomic mass is 19.4. The van der Waals surface area contributed by atoms with Gasteiger partial charge in [0.25, 0.3) is 0 Å². The van der Waals surface area contributed by atoms with Crippen LogP contribution in [0.5, 0.6) is 0 Å². The van der Waals surface area contributed by atoms with Gasteiger partial charge in [0.15, 0.2) is 11.5 Å². The van der Waals surface area contributed by atoms with Gasteiger partial charge in [0.2, 0.25) is 0 Å². The Morgan fingerprint density at radius 3 is 2.71 bits per heavy atom. The van der Waals surface area contributed by atoms with E-state index in [0.717, 1.165) is 16.4 Å². The summed E-state index contributed by atoms with van der Waals surface area (Å²) in [4.78, 5) is 13.0. The Hall–Kier alpha value is -2.31. The van der Waals surface area contributed by atoms with Gasteiger partial charge in [0.1, 0.15) is 0 Å². The van der Waals surface area contributed by atoms with Crippen LogP contribution in [0.25, 0.3) is 0 Å². The Balaban J connectivity index is 1.89. The summed E-state index contributed by atoms with van der Waals surface area (Å²) in [5.74, 6) is -0.0241. The maximum Gasteiger partial charge on any atom is 0.435 e. The summed E-state index contributed by atoms with van der Waals surface area (Å²) in [5, 5.41) is 3.51. The maximum atomic E-state index is 12.6. The lowest BCUT2D eigenvalue weighted by Gasteiger charge is -2.15. The first-order valence-corrected chi connectivity index (χ1v) is 6.39. The lowest BCUT2D eigenvalue weighted by molar-refractivity contribution is -0.141. The van der Waals surface area contributed by atoms with E-state index in [-0.39, 0.29) is 18.2 Å². The van der Waals surface area contributed by atoms with E-state index < -0.39 is 11.9 Å². The van der Waals surface area contributed by atoms with Crippen LogP contribution >= 0.6 is 0 Å². The molecular weight excluding hydrogens is 283 g/mol. The van der Waals surface area contributed by atoms with Crippen LogP contribution in [0.1, 0.15) is 39.8 Å². The monoisotopic (exact) mass is 295 g/mol. The summed E-state index contributed by atoms with van der Waals surface area (Å²) in [6, 6.07) is 7.67. The minimum atomic E-state index is -4.49. The molecule has 0 saturated carbocycles. The maximum absolute atomic E-state index is 12.6. The molecule has 2 aromatic rings. The molecule has 0 spiro atoms. The number of carbonyl (C=O) groups is 1. The van der Waals surface area contributed by atoms with Crippen molar-refractivity contribution >= 4 is 5.78 Å². The zero-order chi connectivity index (χ0) is 15.2. The van der Waals surface area contributed by atoms with E-state index in [4.69, 9.17) is 0 Å². The third-order valence-corrected chi connectivity index (χ3v) is 3.48. The van der Waals surface area contributed by atoms with Crippen LogP contribution in [-0.4, -0.2) is 15.7 Å². The minimum Gasteiger partial charge on any atom is -0.302 e. The van der Waals surface area contributed by atoms with Crippen molar-refractivity contribution in [2.45, 2.75) is 25.6 Å². The molecule has 21 heavy (non-hydrogen) atoms. The van der Waals surface area contributed by atoms with Crippen molar-refractivity contribution in [3.63, 3.8) is 0 Å². The molecule has 110 valence electrons. The van der Waals surface area contributed by atoms with Crippen LogP contribution in [0.15, 0.2) is 30.3 Å². The molecule has 1 aromatic carbocycles. The van der Waals surface area contributed by atoms with Crippen molar-refractivity contribution in [3.05, 3.63) is 52.8 Å². The Labute approximate surface area is 118 Å². The second-order valence-electron chi connectivity index (χ2n) is 4.98. The van der Waals surface area contributed by atoms with Gasteiger partial charge in [-0.15, -0.1) is 5.10 Å². The Morgan fingerprint density at radius 1 is 1.33 bits per heavy atom. The normalized spacial score (nSPS) is 17.9. The van der Waals surface area contributed by atoms with E-state index in [2.05, 4.69) is 10.5 Å². The van der Waals surface area contributed by atoms with Crippen LogP contribution in [0.3, 0.4) is 0 Å². The van der Waals surface area contributed by atoms with Gasteiger partial charge in [-0.3, -0.25) is 4.79 Å². The molecule has 1 atom stereocenters. The standard InChI is InChI=1S/C14H12F3N3O/c1-8-6-13(14(15,16)17)19-20(8)18-11-7-12(21)10-5-3-2-4-9(10)11/h2-6,11,18H,7H2,1H3. The van der Waals surface area contributed by atoms with E-state index in [1.165, 1.54) is 6.92 Å². The minimum absolute atomic E-state index is 0.0241. The number of nitrogens with zero attached hydrogens (tertiary/aromatic N) is 2. The van der Waals surface area contributed by atoms with Crippen molar-refractivity contribution < 1.29 is 18.0 Å². The van der Waals surface area contributed by atoms with Gasteiger partial charge in [-0.25, -0.2) is 0 Å². The summed E-state index contributed by atoms with van der Waals surface area (Å²) in [6.07, 6.45) is -4.28. The van der Waals surface area contributed by atoms with Gasteiger partial charge in [0.05, 0.1) is 11.7 Å². The van der Waals surface area contributed by atoms with E-state index >= 15 is 0 Å². The molecule has 1 N–H and O–H groups in total. The van der Waals surface area contributed by atoms with Gasteiger partial charge in [-0.1, -0.05) is 24.3 Å². The molecule has 1 aromatic heterocycles. The van der Waals surface area contributed by atoms with Crippen molar-refractivity contribution in [2.24, 2.45) is 0 Å². The molecule has 4 nitrogen and oxygen atoms in total. The topological polar surface area (TPSA) is 46.9 Å². The fourth-order valence-electron chi connectivity index (χ4n) is 2.47. The van der Waals surface area contributed by atoms with Crippen molar-refractivity contribution in [1.29, 1.82) is 0 Å². The molecule has 1 heterocycles. The smallest absolute Gasteiger partial charge is 0.302 e. The van der Waals surface area contributed by atoms with Crippen LogP contribution in [-0.2, 0) is 6.18 Å². The van der Waals surface area contributed by atoms with E-state index in [1.807, 2.05) is 0 Å². The largest absolute Gasteiger partial charge is 0.435 e. The van der Waals surface area contributed by atoms with Gasteiger partial charge < -0.3 is 5.43 Å². The number of Topliss-reactive ketones (excluding diaryl/α,β-unsaturated/α-hetero) is 1. The number of aryl methyl sites for hydroxylation is 1. The highest BCUT2D eigenvalue weighted by Gasteiger charge is 2.35. The highest BCUT2D eigenvalue weighted by molar-refractivity contribution is 6.01. The Bertz CT molecular complexity index is 706. The van der Waals surface area contributed by atoms with Crippen molar-refractivity contribution in [1.82, 2.24) is 9.89 Å². The number of aromatic nitrogens is 2. The van der Waals surface area contributed by atoms with Crippen LogP contribution in [0, 0.1) is 6.92 Å². The fraction of sp³-hybridized carbons (Fsp3) is 0.286. The summed E-state index contributed by atoms with van der Waals surface area (Å²) in [7, 11) is 0. The first-order chi connectivity index (χ1) is 9.86. The zero-order valence-corrected chi connectivity index (χ0v) is 11.1. The third kappa shape index (κ3) is 2.39. The molecule has 0 radical (unpaired) electrons. The number of carbonyl (C=O) groups excluding carboxylic acids is 1. The highest BCUT2D eigenvalue weighted by Crippen LogP contribution is 2.32. The third-order valence-electron chi connectivity index (χ3n) is 3.48. The Kier molecular flexibility index (Phi) is 3.00. The summed E-state index contributed by atoms with van der Waals surface area (Å²) >= 11 is 0. The van der Waals surface area contributed by atoms with Crippen LogP contribution in [0.4, 0.5) is 13.2 Å². The molecule has 0 fully saturated rings. The molecule has 0 saturated heterocycles. The number of nitrogens with one attached hydrogen (secondary N) is 1. The molecule has 7 heteroatoms. The number of rotatable bonds is 2. The lowest BCUT2D eigenvalue weighted by atomic mass is 10.1. The van der Waals surface area contributed by atoms with Crippen molar-refractivity contribution in [2.75, 3.05) is 5.43 Å². The zero-order valence-electron chi connectivity index (χ0n) is 11.1. The molecule has 1 unspecified atom stereocenters. The second kappa shape index (κ2) is 4.61. The predicted octanol–water partition coefficient (Wildman–Crippen LogP) is 3.08. The van der Waals surface area contributed by atoms with E-state index in [0.29, 0.717) is 11.3 Å². The first-order valence-electron chi connectivity index (χ1n) is 6.39. The number of hydrogen-bond donors (Lipinski definition) is 1. The van der Waals surface area contributed by atoms with E-state index in [9.17, 15) is 18.0 Å². The SMILES string of the molecule is Cc1cc(C(F)(F)F)nn1NC1CC(=O)c2ccccc21. The predicted molar refractivity (Wildman–Crippen MR) is 69.5 cm³/mol. The second-order valence-corrected chi connectivity index (χ2v) is 4.98. The van der Waals surface area contributed by atoms with Gasteiger partial charge in [-0.2, -0.15) is 18.0 Å². The summed E-state index contributed by atoms with van der Waals surface area (Å²) < 4.78 is 37.9. The average Bonchev–Trinajstić information content (AvgIpc) is 2.93. The molecule has 0 amide bonds. The van der Waals surface area contributed by atoms with E-state index in [1.54, 1.807) is 24.3 Å². The van der Waals surface area contributed by atoms with Gasteiger partial charge in [-0.05, 0) is 18.6 Å². The fourth-order valence-corrected chi connectivity index (χ4v) is 2.47. The number of halogens is 3. The van der Waals surface area contributed by atoms with Crippen molar-refractivity contribution in [3.8, 4) is 0 Å². The molecule has 0 aliphatic heterocycles. The van der Waals surface area contributed by atoms with Crippen LogP contribution < -0.4 is 5.43 Å². The number of benzene rings is 1. The molecule has 0 bridgehead atoms. The molecule has 1 aliphatic rings. The Morgan fingerprint density at radius 2 is 2.05 bits per heavy atom. The first kappa shape index (κ1) is 13.7. The molecule has 1 aliphatic carbocycles.